The third-order valence-electron chi connectivity index (χ3n) is 3.01. The number of esters is 1. The summed E-state index contributed by atoms with van der Waals surface area (Å²) in [4.78, 5) is 36.5. The van der Waals surface area contributed by atoms with Gasteiger partial charge in [-0.1, -0.05) is 18.2 Å². The van der Waals surface area contributed by atoms with Gasteiger partial charge in [0.05, 0.1) is 18.4 Å². The Kier molecular flexibility index (Phi) is 6.82. The van der Waals surface area contributed by atoms with E-state index >= 15 is 0 Å². The van der Waals surface area contributed by atoms with Crippen LogP contribution in [0.4, 0.5) is 5.69 Å². The molecule has 0 aromatic heterocycles. The molecule has 0 bridgehead atoms. The molecule has 0 atom stereocenters. The highest BCUT2D eigenvalue weighted by molar-refractivity contribution is 6.01. The average Bonchev–Trinajstić information content (AvgIpc) is 2.50. The molecule has 0 spiro atoms. The Labute approximate surface area is 129 Å². The highest BCUT2D eigenvalue weighted by atomic mass is 16.5. The molecular formula is C16H20N2O4. The number of benzene rings is 1. The van der Waals surface area contributed by atoms with Gasteiger partial charge in [0.2, 0.25) is 11.8 Å². The van der Waals surface area contributed by atoms with Crippen molar-refractivity contribution in [2.24, 2.45) is 0 Å². The van der Waals surface area contributed by atoms with Crippen LogP contribution in [-0.4, -0.2) is 42.9 Å². The molecule has 1 rings (SSSR count). The van der Waals surface area contributed by atoms with Crippen LogP contribution in [0.1, 0.15) is 23.7 Å². The molecule has 1 N–H and O–H groups in total. The predicted octanol–water partition coefficient (Wildman–Crippen LogP) is 1.84. The maximum atomic E-state index is 12.0. The summed E-state index contributed by atoms with van der Waals surface area (Å²) in [5.74, 6) is -0.928. The Bertz CT molecular complexity index is 569. The van der Waals surface area contributed by atoms with Crippen LogP contribution in [-0.2, 0) is 14.3 Å². The van der Waals surface area contributed by atoms with Crippen molar-refractivity contribution in [2.75, 3.05) is 25.5 Å². The summed E-state index contributed by atoms with van der Waals surface area (Å²) in [7, 11) is 1.28. The van der Waals surface area contributed by atoms with E-state index in [1.54, 1.807) is 30.3 Å². The topological polar surface area (TPSA) is 75.7 Å². The molecule has 2 amide bonds. The van der Waals surface area contributed by atoms with E-state index in [-0.39, 0.29) is 30.3 Å². The minimum absolute atomic E-state index is 0.123. The molecule has 0 radical (unpaired) electrons. The lowest BCUT2D eigenvalue weighted by Crippen LogP contribution is -2.32. The fraction of sp³-hybridized carbons (Fsp3) is 0.312. The first-order chi connectivity index (χ1) is 10.5. The first-order valence-electron chi connectivity index (χ1n) is 6.83. The van der Waals surface area contributed by atoms with Crippen LogP contribution in [0.5, 0.6) is 0 Å². The molecule has 0 aliphatic carbocycles. The van der Waals surface area contributed by atoms with Crippen molar-refractivity contribution < 1.29 is 19.1 Å². The number of carbonyl (C=O) groups is 3. The normalized spacial score (nSPS) is 9.73. The van der Waals surface area contributed by atoms with Gasteiger partial charge in [-0.2, -0.15) is 0 Å². The molecule has 118 valence electrons. The summed E-state index contributed by atoms with van der Waals surface area (Å²) in [6.45, 7) is 5.69. The number of anilines is 1. The highest BCUT2D eigenvalue weighted by Crippen LogP contribution is 2.16. The van der Waals surface area contributed by atoms with E-state index in [1.807, 2.05) is 0 Å². The second-order valence-corrected chi connectivity index (χ2v) is 4.59. The number of para-hydroxylation sites is 1. The zero-order chi connectivity index (χ0) is 16.5. The van der Waals surface area contributed by atoms with E-state index in [4.69, 9.17) is 0 Å². The number of amides is 2. The van der Waals surface area contributed by atoms with E-state index in [0.717, 1.165) is 0 Å². The Hall–Kier alpha value is -2.63. The number of carbonyl (C=O) groups excluding carboxylic acids is 3. The number of methoxy groups -OCH3 is 1. The first kappa shape index (κ1) is 17.4. The van der Waals surface area contributed by atoms with Crippen LogP contribution < -0.4 is 5.32 Å². The smallest absolute Gasteiger partial charge is 0.339 e. The molecule has 22 heavy (non-hydrogen) atoms. The molecule has 0 saturated heterocycles. The molecule has 0 heterocycles. The highest BCUT2D eigenvalue weighted by Gasteiger charge is 2.14. The lowest BCUT2D eigenvalue weighted by Gasteiger charge is -2.18. The van der Waals surface area contributed by atoms with Crippen molar-refractivity contribution in [3.8, 4) is 0 Å². The van der Waals surface area contributed by atoms with Crippen molar-refractivity contribution >= 4 is 23.5 Å². The Morgan fingerprint density at radius 2 is 2.00 bits per heavy atom. The predicted molar refractivity (Wildman–Crippen MR) is 83.5 cm³/mol. The van der Waals surface area contributed by atoms with Gasteiger partial charge in [0.1, 0.15) is 0 Å². The lowest BCUT2D eigenvalue weighted by molar-refractivity contribution is -0.128. The van der Waals surface area contributed by atoms with E-state index in [2.05, 4.69) is 16.6 Å². The molecule has 1 aromatic carbocycles. The van der Waals surface area contributed by atoms with Gasteiger partial charge in [0, 0.05) is 26.4 Å². The van der Waals surface area contributed by atoms with Gasteiger partial charge in [-0.15, -0.1) is 6.58 Å². The van der Waals surface area contributed by atoms with Gasteiger partial charge in [0.15, 0.2) is 0 Å². The Balaban J connectivity index is 2.68. The van der Waals surface area contributed by atoms with E-state index in [0.29, 0.717) is 12.2 Å². The number of hydrogen-bond donors (Lipinski definition) is 1. The second kappa shape index (κ2) is 8.61. The monoisotopic (exact) mass is 304 g/mol. The maximum Gasteiger partial charge on any atom is 0.339 e. The van der Waals surface area contributed by atoms with Crippen LogP contribution >= 0.6 is 0 Å². The molecular weight excluding hydrogens is 284 g/mol. The number of nitrogens with zero attached hydrogens (tertiary/aromatic N) is 1. The van der Waals surface area contributed by atoms with Crippen molar-refractivity contribution in [1.29, 1.82) is 0 Å². The minimum Gasteiger partial charge on any atom is -0.465 e. The Morgan fingerprint density at radius 3 is 2.59 bits per heavy atom. The molecule has 0 aliphatic rings. The summed E-state index contributed by atoms with van der Waals surface area (Å²) in [5, 5.41) is 2.66. The molecule has 0 unspecified atom stereocenters. The lowest BCUT2D eigenvalue weighted by atomic mass is 10.1. The van der Waals surface area contributed by atoms with Gasteiger partial charge in [0.25, 0.3) is 0 Å². The van der Waals surface area contributed by atoms with Gasteiger partial charge < -0.3 is 15.0 Å². The molecule has 1 aromatic rings. The Morgan fingerprint density at radius 1 is 1.32 bits per heavy atom. The quantitative estimate of drug-likeness (QED) is 0.616. The molecule has 0 saturated carbocycles. The third-order valence-corrected chi connectivity index (χ3v) is 3.01. The zero-order valence-electron chi connectivity index (χ0n) is 12.8. The van der Waals surface area contributed by atoms with Crippen molar-refractivity contribution in [3.05, 3.63) is 42.5 Å². The number of nitrogens with one attached hydrogen (secondary N) is 1. The number of ether oxygens (including phenoxy) is 1. The van der Waals surface area contributed by atoms with E-state index < -0.39 is 5.97 Å². The van der Waals surface area contributed by atoms with Crippen LogP contribution in [0.3, 0.4) is 0 Å². The second-order valence-electron chi connectivity index (χ2n) is 4.59. The number of rotatable bonds is 7. The van der Waals surface area contributed by atoms with Crippen molar-refractivity contribution in [3.63, 3.8) is 0 Å². The molecule has 6 heteroatoms. The van der Waals surface area contributed by atoms with Crippen LogP contribution in [0.15, 0.2) is 36.9 Å². The minimum atomic E-state index is -0.520. The summed E-state index contributed by atoms with van der Waals surface area (Å²) < 4.78 is 4.67. The largest absolute Gasteiger partial charge is 0.465 e. The summed E-state index contributed by atoms with van der Waals surface area (Å²) >= 11 is 0. The van der Waals surface area contributed by atoms with Gasteiger partial charge in [-0.25, -0.2) is 4.79 Å². The average molecular weight is 304 g/mol. The fourth-order valence-electron chi connectivity index (χ4n) is 1.86. The third kappa shape index (κ3) is 5.05. The van der Waals surface area contributed by atoms with Gasteiger partial charge in [-0.3, -0.25) is 9.59 Å². The summed E-state index contributed by atoms with van der Waals surface area (Å²) in [6.07, 6.45) is 1.73. The fourth-order valence-corrected chi connectivity index (χ4v) is 1.86. The van der Waals surface area contributed by atoms with E-state index in [9.17, 15) is 14.4 Å². The summed E-state index contributed by atoms with van der Waals surface area (Å²) in [5.41, 5.74) is 0.672. The SMILES string of the molecule is C=CCN(CCC(=O)Nc1ccccc1C(=O)OC)C(C)=O. The van der Waals surface area contributed by atoms with Crippen molar-refractivity contribution in [2.45, 2.75) is 13.3 Å². The standard InChI is InChI=1S/C16H20N2O4/c1-4-10-18(12(2)19)11-9-15(20)17-14-8-6-5-7-13(14)16(21)22-3/h4-8H,1,9-11H2,2-3H3,(H,17,20). The molecule has 0 aliphatic heterocycles. The molecule has 0 fully saturated rings. The van der Waals surface area contributed by atoms with E-state index in [1.165, 1.54) is 18.9 Å². The summed E-state index contributed by atoms with van der Waals surface area (Å²) in [6, 6.07) is 6.59. The maximum absolute atomic E-state index is 12.0. The van der Waals surface area contributed by atoms with Crippen LogP contribution in [0, 0.1) is 0 Å². The molecule has 6 nitrogen and oxygen atoms in total. The van der Waals surface area contributed by atoms with Gasteiger partial charge >= 0.3 is 5.97 Å². The van der Waals surface area contributed by atoms with Crippen LogP contribution in [0.25, 0.3) is 0 Å². The van der Waals surface area contributed by atoms with Crippen LogP contribution in [0.2, 0.25) is 0 Å². The first-order valence-corrected chi connectivity index (χ1v) is 6.83. The number of hydrogen-bond acceptors (Lipinski definition) is 4. The zero-order valence-corrected chi connectivity index (χ0v) is 12.8. The van der Waals surface area contributed by atoms with Gasteiger partial charge in [-0.05, 0) is 12.1 Å². The van der Waals surface area contributed by atoms with Crippen molar-refractivity contribution in [1.82, 2.24) is 4.90 Å².